The molecule has 29 heavy (non-hydrogen) atoms. The minimum atomic E-state index is 0.125. The van der Waals surface area contributed by atoms with E-state index >= 15 is 0 Å². The van der Waals surface area contributed by atoms with Gasteiger partial charge >= 0.3 is 0 Å². The average Bonchev–Trinajstić information content (AvgIpc) is 2.72. The number of nitrogens with one attached hydrogen (secondary N) is 2. The fraction of sp³-hybridized carbons (Fsp3) is 0.682. The van der Waals surface area contributed by atoms with Crippen molar-refractivity contribution < 1.29 is 18.9 Å². The number of hydrogen-bond donors (Lipinski definition) is 2. The standard InChI is InChI=1S/C22H37N3O4/c1-22(2,3)20-16(9-8-10-29-20)14-25-21(23-4)24-13-15-11-17(26-5)19(28-7)18(12-15)27-6/h11-12,16,20H,8-10,13-14H2,1-7H3,(H2,23,24,25). The van der Waals surface area contributed by atoms with Gasteiger partial charge in [-0.3, -0.25) is 4.99 Å². The van der Waals surface area contributed by atoms with Gasteiger partial charge in [0.05, 0.1) is 27.4 Å². The fourth-order valence-corrected chi connectivity index (χ4v) is 3.88. The van der Waals surface area contributed by atoms with Crippen molar-refractivity contribution in [3.05, 3.63) is 17.7 Å². The van der Waals surface area contributed by atoms with Gasteiger partial charge in [-0.05, 0) is 36.0 Å². The molecule has 0 spiro atoms. The molecule has 7 heteroatoms. The third-order valence-electron chi connectivity index (χ3n) is 5.24. The zero-order chi connectivity index (χ0) is 21.4. The van der Waals surface area contributed by atoms with E-state index in [1.165, 1.54) is 6.42 Å². The summed E-state index contributed by atoms with van der Waals surface area (Å²) in [5, 5.41) is 6.83. The molecular formula is C22H37N3O4. The second-order valence-corrected chi connectivity index (χ2v) is 8.40. The molecule has 2 unspecified atom stereocenters. The Morgan fingerprint density at radius 2 is 1.76 bits per heavy atom. The van der Waals surface area contributed by atoms with Crippen LogP contribution in [-0.2, 0) is 11.3 Å². The molecule has 1 saturated heterocycles. The Morgan fingerprint density at radius 3 is 2.28 bits per heavy atom. The van der Waals surface area contributed by atoms with E-state index in [-0.39, 0.29) is 11.5 Å². The molecule has 1 heterocycles. The Balaban J connectivity index is 1.99. The predicted octanol–water partition coefficient (Wildman–Crippen LogP) is 3.22. The molecule has 1 aromatic rings. The fourth-order valence-electron chi connectivity index (χ4n) is 3.88. The van der Waals surface area contributed by atoms with Crippen LogP contribution in [0.3, 0.4) is 0 Å². The lowest BCUT2D eigenvalue weighted by Crippen LogP contribution is -2.47. The van der Waals surface area contributed by atoms with Gasteiger partial charge < -0.3 is 29.6 Å². The van der Waals surface area contributed by atoms with Gasteiger partial charge in [0.15, 0.2) is 17.5 Å². The van der Waals surface area contributed by atoms with E-state index in [4.69, 9.17) is 18.9 Å². The maximum atomic E-state index is 6.08. The molecule has 1 fully saturated rings. The molecule has 0 aromatic heterocycles. The number of aliphatic imine (C=N–C) groups is 1. The molecule has 2 rings (SSSR count). The highest BCUT2D eigenvalue weighted by Gasteiger charge is 2.35. The summed E-state index contributed by atoms with van der Waals surface area (Å²) < 4.78 is 22.3. The van der Waals surface area contributed by atoms with Crippen molar-refractivity contribution >= 4 is 5.96 Å². The quantitative estimate of drug-likeness (QED) is 0.534. The zero-order valence-electron chi connectivity index (χ0n) is 18.9. The Hall–Kier alpha value is -2.15. The maximum absolute atomic E-state index is 6.08. The molecule has 0 amide bonds. The summed E-state index contributed by atoms with van der Waals surface area (Å²) in [6, 6.07) is 3.87. The monoisotopic (exact) mass is 407 g/mol. The minimum Gasteiger partial charge on any atom is -0.493 e. The van der Waals surface area contributed by atoms with Crippen molar-refractivity contribution in [1.29, 1.82) is 0 Å². The average molecular weight is 408 g/mol. The Morgan fingerprint density at radius 1 is 1.10 bits per heavy atom. The lowest BCUT2D eigenvalue weighted by atomic mass is 9.78. The van der Waals surface area contributed by atoms with Gasteiger partial charge in [-0.2, -0.15) is 0 Å². The molecule has 1 aromatic carbocycles. The normalized spacial score (nSPS) is 20.2. The van der Waals surface area contributed by atoms with Crippen LogP contribution in [-0.4, -0.2) is 53.6 Å². The number of hydrogen-bond acceptors (Lipinski definition) is 5. The molecule has 0 aliphatic carbocycles. The van der Waals surface area contributed by atoms with E-state index in [1.54, 1.807) is 28.4 Å². The lowest BCUT2D eigenvalue weighted by molar-refractivity contribution is -0.0835. The summed E-state index contributed by atoms with van der Waals surface area (Å²) in [7, 11) is 6.62. The topological polar surface area (TPSA) is 73.3 Å². The van der Waals surface area contributed by atoms with Gasteiger partial charge in [0, 0.05) is 32.7 Å². The second kappa shape index (κ2) is 10.6. The largest absolute Gasteiger partial charge is 0.493 e. The van der Waals surface area contributed by atoms with Gasteiger partial charge in [-0.25, -0.2) is 0 Å². The molecule has 1 aliphatic heterocycles. The number of guanidine groups is 1. The van der Waals surface area contributed by atoms with Crippen LogP contribution in [0.5, 0.6) is 17.2 Å². The first kappa shape index (κ1) is 23.1. The van der Waals surface area contributed by atoms with Crippen LogP contribution < -0.4 is 24.8 Å². The molecular weight excluding hydrogens is 370 g/mol. The number of methoxy groups -OCH3 is 3. The first-order chi connectivity index (χ1) is 13.8. The summed E-state index contributed by atoms with van der Waals surface area (Å²) in [4.78, 5) is 4.36. The van der Waals surface area contributed by atoms with Crippen molar-refractivity contribution in [3.63, 3.8) is 0 Å². The number of ether oxygens (including phenoxy) is 4. The van der Waals surface area contributed by atoms with Crippen LogP contribution in [0.1, 0.15) is 39.2 Å². The van der Waals surface area contributed by atoms with Crippen molar-refractivity contribution in [2.45, 2.75) is 46.3 Å². The summed E-state index contributed by atoms with van der Waals surface area (Å²) in [5.74, 6) is 3.09. The molecule has 7 nitrogen and oxygen atoms in total. The maximum Gasteiger partial charge on any atom is 0.203 e. The van der Waals surface area contributed by atoms with Crippen LogP contribution in [0, 0.1) is 11.3 Å². The second-order valence-electron chi connectivity index (χ2n) is 8.40. The van der Waals surface area contributed by atoms with Crippen LogP contribution >= 0.6 is 0 Å². The molecule has 164 valence electrons. The highest BCUT2D eigenvalue weighted by Crippen LogP contribution is 2.38. The van der Waals surface area contributed by atoms with Gasteiger partial charge in [-0.1, -0.05) is 20.8 Å². The van der Waals surface area contributed by atoms with E-state index in [0.29, 0.717) is 29.7 Å². The summed E-state index contributed by atoms with van der Waals surface area (Å²) in [6.45, 7) is 9.00. The van der Waals surface area contributed by atoms with Gasteiger partial charge in [0.2, 0.25) is 5.75 Å². The molecule has 2 N–H and O–H groups in total. The van der Waals surface area contributed by atoms with Crippen molar-refractivity contribution in [1.82, 2.24) is 10.6 Å². The third-order valence-corrected chi connectivity index (χ3v) is 5.24. The summed E-state index contributed by atoms with van der Waals surface area (Å²) in [5.41, 5.74) is 1.14. The lowest BCUT2D eigenvalue weighted by Gasteiger charge is -2.40. The number of benzene rings is 1. The Bertz CT molecular complexity index is 660. The Kier molecular flexibility index (Phi) is 8.44. The van der Waals surface area contributed by atoms with E-state index in [2.05, 4.69) is 36.4 Å². The highest BCUT2D eigenvalue weighted by atomic mass is 16.5. The molecule has 0 saturated carbocycles. The summed E-state index contributed by atoms with van der Waals surface area (Å²) in [6.07, 6.45) is 2.52. The van der Waals surface area contributed by atoms with Crippen LogP contribution in [0.4, 0.5) is 0 Å². The highest BCUT2D eigenvalue weighted by molar-refractivity contribution is 5.79. The van der Waals surface area contributed by atoms with E-state index in [0.717, 1.165) is 31.1 Å². The van der Waals surface area contributed by atoms with Gasteiger partial charge in [0.1, 0.15) is 0 Å². The molecule has 2 atom stereocenters. The Labute approximate surface area is 175 Å². The predicted molar refractivity (Wildman–Crippen MR) is 116 cm³/mol. The first-order valence-corrected chi connectivity index (χ1v) is 10.2. The van der Waals surface area contributed by atoms with E-state index < -0.39 is 0 Å². The molecule has 1 aliphatic rings. The smallest absolute Gasteiger partial charge is 0.203 e. The number of rotatable bonds is 7. The zero-order valence-corrected chi connectivity index (χ0v) is 18.9. The van der Waals surface area contributed by atoms with E-state index in [1.807, 2.05) is 12.1 Å². The minimum absolute atomic E-state index is 0.125. The van der Waals surface area contributed by atoms with Crippen molar-refractivity contribution in [2.75, 3.05) is 41.5 Å². The van der Waals surface area contributed by atoms with Crippen LogP contribution in [0.25, 0.3) is 0 Å². The van der Waals surface area contributed by atoms with Crippen LogP contribution in [0.15, 0.2) is 17.1 Å². The molecule has 0 bridgehead atoms. The third kappa shape index (κ3) is 6.16. The SMILES string of the molecule is CN=C(NCc1cc(OC)c(OC)c(OC)c1)NCC1CCCOC1C(C)(C)C. The van der Waals surface area contributed by atoms with Crippen molar-refractivity contribution in [2.24, 2.45) is 16.3 Å². The van der Waals surface area contributed by atoms with E-state index in [9.17, 15) is 0 Å². The van der Waals surface area contributed by atoms with Crippen LogP contribution in [0.2, 0.25) is 0 Å². The summed E-state index contributed by atoms with van der Waals surface area (Å²) >= 11 is 0. The van der Waals surface area contributed by atoms with Gasteiger partial charge in [0.25, 0.3) is 0 Å². The molecule has 0 radical (unpaired) electrons. The van der Waals surface area contributed by atoms with Gasteiger partial charge in [-0.15, -0.1) is 0 Å². The number of nitrogens with zero attached hydrogens (tertiary/aromatic N) is 1. The first-order valence-electron chi connectivity index (χ1n) is 10.2. The van der Waals surface area contributed by atoms with Crippen molar-refractivity contribution in [3.8, 4) is 17.2 Å².